The zero-order chi connectivity index (χ0) is 14.7. The van der Waals surface area contributed by atoms with E-state index in [2.05, 4.69) is 26.2 Å². The molecule has 0 saturated carbocycles. The molecule has 0 saturated heterocycles. The van der Waals surface area contributed by atoms with E-state index in [0.717, 1.165) is 10.0 Å². The van der Waals surface area contributed by atoms with Gasteiger partial charge in [0.05, 0.1) is 5.56 Å². The number of nitrogens with one attached hydrogen (secondary N) is 1. The number of pyridine rings is 1. The zero-order valence-corrected chi connectivity index (χ0v) is 12.1. The number of hydrogen-bond donors (Lipinski definition) is 2. The molecule has 2 N–H and O–H groups in total. The van der Waals surface area contributed by atoms with E-state index in [-0.39, 0.29) is 11.6 Å². The number of hydrogen-bond acceptors (Lipinski definition) is 3. The molecular weight excluding hydrogens is 324 g/mol. The molecule has 1 amide bonds. The first-order valence-electron chi connectivity index (χ1n) is 5.74. The van der Waals surface area contributed by atoms with Crippen LogP contribution in [0.1, 0.15) is 26.4 Å². The van der Waals surface area contributed by atoms with Crippen LogP contribution in [0.2, 0.25) is 0 Å². The molecule has 0 aliphatic rings. The normalized spacial score (nSPS) is 10.1. The topological polar surface area (TPSA) is 79.3 Å². The molecule has 0 fully saturated rings. The van der Waals surface area contributed by atoms with Crippen molar-refractivity contribution >= 4 is 33.5 Å². The van der Waals surface area contributed by atoms with Gasteiger partial charge >= 0.3 is 5.97 Å². The fraction of sp³-hybridized carbons (Fsp3) is 0.0714. The number of carbonyl (C=O) groups is 2. The Bertz CT molecular complexity index is 669. The molecule has 0 bridgehead atoms. The van der Waals surface area contributed by atoms with E-state index >= 15 is 0 Å². The number of benzene rings is 1. The lowest BCUT2D eigenvalue weighted by atomic mass is 10.2. The molecule has 2 aromatic rings. The molecule has 5 nitrogen and oxygen atoms in total. The molecule has 6 heteroatoms. The highest BCUT2D eigenvalue weighted by Gasteiger charge is 2.09. The largest absolute Gasteiger partial charge is 0.477 e. The van der Waals surface area contributed by atoms with Crippen LogP contribution in [0.4, 0.5) is 5.69 Å². The van der Waals surface area contributed by atoms with Crippen molar-refractivity contribution < 1.29 is 14.7 Å². The standard InChI is InChI=1S/C14H11BrN2O3/c1-8-6-10(3-4-11(8)15)17-13(18)9-2-5-12(14(19)20)16-7-9/h2-7H,1H3,(H,17,18)(H,19,20). The maximum Gasteiger partial charge on any atom is 0.354 e. The third kappa shape index (κ3) is 3.21. The number of rotatable bonds is 3. The molecule has 0 spiro atoms. The quantitative estimate of drug-likeness (QED) is 0.903. The molecule has 0 unspecified atom stereocenters. The molecule has 1 heterocycles. The van der Waals surface area contributed by atoms with Gasteiger partial charge in [-0.3, -0.25) is 4.79 Å². The number of carboxylic acid groups (broad SMARTS) is 1. The number of carboxylic acids is 1. The van der Waals surface area contributed by atoms with Crippen LogP contribution < -0.4 is 5.32 Å². The van der Waals surface area contributed by atoms with Gasteiger partial charge in [-0.05, 0) is 42.8 Å². The summed E-state index contributed by atoms with van der Waals surface area (Å²) in [5.74, 6) is -1.46. The first-order chi connectivity index (χ1) is 9.47. The van der Waals surface area contributed by atoms with Crippen LogP contribution in [0, 0.1) is 6.92 Å². The van der Waals surface area contributed by atoms with Crippen LogP contribution in [-0.2, 0) is 0 Å². The minimum Gasteiger partial charge on any atom is -0.477 e. The fourth-order valence-electron chi connectivity index (χ4n) is 1.58. The number of nitrogens with zero attached hydrogens (tertiary/aromatic N) is 1. The number of halogens is 1. The van der Waals surface area contributed by atoms with Gasteiger partial charge in [0.15, 0.2) is 0 Å². The van der Waals surface area contributed by atoms with E-state index in [4.69, 9.17) is 5.11 Å². The summed E-state index contributed by atoms with van der Waals surface area (Å²) < 4.78 is 0.961. The summed E-state index contributed by atoms with van der Waals surface area (Å²) in [6.45, 7) is 1.92. The van der Waals surface area contributed by atoms with E-state index in [0.29, 0.717) is 11.3 Å². The Balaban J connectivity index is 2.15. The number of anilines is 1. The van der Waals surface area contributed by atoms with Crippen LogP contribution in [0.25, 0.3) is 0 Å². The SMILES string of the molecule is Cc1cc(NC(=O)c2ccc(C(=O)O)nc2)ccc1Br. The summed E-state index contributed by atoms with van der Waals surface area (Å²) in [7, 11) is 0. The summed E-state index contributed by atoms with van der Waals surface area (Å²) in [5.41, 5.74) is 1.87. The Morgan fingerprint density at radius 3 is 2.55 bits per heavy atom. The highest BCUT2D eigenvalue weighted by atomic mass is 79.9. The van der Waals surface area contributed by atoms with E-state index in [1.807, 2.05) is 19.1 Å². The van der Waals surface area contributed by atoms with E-state index < -0.39 is 5.97 Å². The van der Waals surface area contributed by atoms with Crippen molar-refractivity contribution in [1.29, 1.82) is 0 Å². The van der Waals surface area contributed by atoms with Crippen molar-refractivity contribution in [2.75, 3.05) is 5.32 Å². The number of aryl methyl sites for hydroxylation is 1. The van der Waals surface area contributed by atoms with Gasteiger partial charge < -0.3 is 10.4 Å². The average Bonchev–Trinajstić information content (AvgIpc) is 2.43. The minimum atomic E-state index is -1.12. The van der Waals surface area contributed by atoms with Gasteiger partial charge in [0.2, 0.25) is 0 Å². The second kappa shape index (κ2) is 5.83. The van der Waals surface area contributed by atoms with Crippen molar-refractivity contribution in [1.82, 2.24) is 4.98 Å². The van der Waals surface area contributed by atoms with Gasteiger partial charge in [0, 0.05) is 16.4 Å². The van der Waals surface area contributed by atoms with Crippen molar-refractivity contribution in [3.8, 4) is 0 Å². The summed E-state index contributed by atoms with van der Waals surface area (Å²) in [6, 6.07) is 8.17. The Hall–Kier alpha value is -2.21. The van der Waals surface area contributed by atoms with Gasteiger partial charge in [0.25, 0.3) is 5.91 Å². The van der Waals surface area contributed by atoms with Crippen LogP contribution >= 0.6 is 15.9 Å². The second-order valence-corrected chi connectivity index (χ2v) is 5.01. The average molecular weight is 335 g/mol. The second-order valence-electron chi connectivity index (χ2n) is 4.16. The van der Waals surface area contributed by atoms with E-state index in [9.17, 15) is 9.59 Å². The van der Waals surface area contributed by atoms with Gasteiger partial charge in [0.1, 0.15) is 5.69 Å². The predicted molar refractivity (Wildman–Crippen MR) is 78.0 cm³/mol. The third-order valence-corrected chi connectivity index (χ3v) is 3.55. The summed E-state index contributed by atoms with van der Waals surface area (Å²) in [5, 5.41) is 11.5. The predicted octanol–water partition coefficient (Wildman–Crippen LogP) is 3.10. The van der Waals surface area contributed by atoms with Gasteiger partial charge in [-0.2, -0.15) is 0 Å². The molecular formula is C14H11BrN2O3. The highest BCUT2D eigenvalue weighted by molar-refractivity contribution is 9.10. The molecule has 1 aromatic heterocycles. The number of amides is 1. The van der Waals surface area contributed by atoms with Crippen LogP contribution in [0.3, 0.4) is 0 Å². The fourth-order valence-corrected chi connectivity index (χ4v) is 1.83. The molecule has 102 valence electrons. The number of aromatic carboxylic acids is 1. The molecule has 1 aromatic carbocycles. The molecule has 0 radical (unpaired) electrons. The van der Waals surface area contributed by atoms with Crippen molar-refractivity contribution in [2.24, 2.45) is 0 Å². The van der Waals surface area contributed by atoms with Crippen molar-refractivity contribution in [2.45, 2.75) is 6.92 Å². The van der Waals surface area contributed by atoms with Crippen molar-refractivity contribution in [3.63, 3.8) is 0 Å². The Kier molecular flexibility index (Phi) is 4.14. The summed E-state index contributed by atoms with van der Waals surface area (Å²) >= 11 is 3.38. The Morgan fingerprint density at radius 1 is 1.25 bits per heavy atom. The lowest BCUT2D eigenvalue weighted by Gasteiger charge is -2.07. The summed E-state index contributed by atoms with van der Waals surface area (Å²) in [6.07, 6.45) is 1.24. The maximum absolute atomic E-state index is 12.0. The Labute approximate surface area is 123 Å². The number of aromatic nitrogens is 1. The number of carbonyl (C=O) groups excluding carboxylic acids is 1. The molecule has 0 aliphatic heterocycles. The lowest BCUT2D eigenvalue weighted by Crippen LogP contribution is -2.13. The molecule has 0 atom stereocenters. The first kappa shape index (κ1) is 14.2. The van der Waals surface area contributed by atoms with Gasteiger partial charge in [-0.15, -0.1) is 0 Å². The lowest BCUT2D eigenvalue weighted by molar-refractivity contribution is 0.0690. The minimum absolute atomic E-state index is 0.0963. The van der Waals surface area contributed by atoms with Crippen molar-refractivity contribution in [3.05, 3.63) is 57.8 Å². The molecule has 20 heavy (non-hydrogen) atoms. The smallest absolute Gasteiger partial charge is 0.354 e. The molecule has 0 aliphatic carbocycles. The highest BCUT2D eigenvalue weighted by Crippen LogP contribution is 2.20. The zero-order valence-electron chi connectivity index (χ0n) is 10.6. The van der Waals surface area contributed by atoms with Crippen LogP contribution in [-0.4, -0.2) is 22.0 Å². The maximum atomic E-state index is 12.0. The van der Waals surface area contributed by atoms with Crippen LogP contribution in [0.5, 0.6) is 0 Å². The summed E-state index contributed by atoms with van der Waals surface area (Å²) in [4.78, 5) is 26.4. The van der Waals surface area contributed by atoms with E-state index in [1.54, 1.807) is 6.07 Å². The van der Waals surface area contributed by atoms with Gasteiger partial charge in [-0.25, -0.2) is 9.78 Å². The van der Waals surface area contributed by atoms with E-state index in [1.165, 1.54) is 18.3 Å². The van der Waals surface area contributed by atoms with Crippen LogP contribution in [0.15, 0.2) is 41.0 Å². The Morgan fingerprint density at radius 2 is 2.00 bits per heavy atom. The first-order valence-corrected chi connectivity index (χ1v) is 6.53. The van der Waals surface area contributed by atoms with Gasteiger partial charge in [-0.1, -0.05) is 15.9 Å². The molecule has 2 rings (SSSR count). The third-order valence-electron chi connectivity index (χ3n) is 2.66. The monoisotopic (exact) mass is 334 g/mol.